The van der Waals surface area contributed by atoms with Crippen molar-refractivity contribution in [3.63, 3.8) is 0 Å². The molecule has 1 saturated carbocycles. The van der Waals surface area contributed by atoms with Gasteiger partial charge in [0.05, 0.1) is 4.90 Å². The number of carbonyl (C=O) groups is 1. The van der Waals surface area contributed by atoms with Crippen molar-refractivity contribution in [2.24, 2.45) is 5.92 Å². The van der Waals surface area contributed by atoms with Crippen molar-refractivity contribution in [2.75, 3.05) is 13.6 Å². The predicted molar refractivity (Wildman–Crippen MR) is 93.6 cm³/mol. The molecule has 0 amide bonds. The summed E-state index contributed by atoms with van der Waals surface area (Å²) in [5, 5.41) is 0.581. The summed E-state index contributed by atoms with van der Waals surface area (Å²) in [6.07, 6.45) is 1.54. The average molecular weight is 364 g/mol. The topological polar surface area (TPSA) is 54.5 Å². The van der Waals surface area contributed by atoms with Gasteiger partial charge in [-0.2, -0.15) is 0 Å². The van der Waals surface area contributed by atoms with Gasteiger partial charge in [0.1, 0.15) is 6.29 Å². The van der Waals surface area contributed by atoms with Crippen LogP contribution in [-0.2, 0) is 20.2 Å². The molecule has 3 rings (SSSR count). The largest absolute Gasteiger partial charge is 0.303 e. The molecule has 4 nitrogen and oxygen atoms in total. The Kier molecular flexibility index (Phi) is 4.51. The number of halogens is 1. The highest BCUT2D eigenvalue weighted by atomic mass is 35.5. The average Bonchev–Trinajstić information content (AvgIpc) is 3.30. The molecular formula is C18H18ClNO3S. The van der Waals surface area contributed by atoms with Crippen LogP contribution in [0, 0.1) is 5.92 Å². The van der Waals surface area contributed by atoms with E-state index in [-0.39, 0.29) is 17.4 Å². The van der Waals surface area contributed by atoms with Gasteiger partial charge in [0.2, 0.25) is 10.0 Å². The third kappa shape index (κ3) is 2.99. The van der Waals surface area contributed by atoms with Gasteiger partial charge in [-0.3, -0.25) is 0 Å². The van der Waals surface area contributed by atoms with Gasteiger partial charge in [-0.25, -0.2) is 12.7 Å². The Morgan fingerprint density at radius 1 is 1.21 bits per heavy atom. The Labute approximate surface area is 147 Å². The Morgan fingerprint density at radius 2 is 1.92 bits per heavy atom. The molecule has 0 radical (unpaired) electrons. The van der Waals surface area contributed by atoms with Crippen LogP contribution in [0.5, 0.6) is 0 Å². The second-order valence-corrected chi connectivity index (χ2v) is 8.67. The standard InChI is InChI=1S/C18H18ClNO3S/c1-20(24(22,23)17-8-3-2-4-9-17)13-18(11-15(18)12-21)14-6-5-7-16(19)10-14/h2-10,12,15H,11,13H2,1H3/t15-,18+/m0/s1. The van der Waals surface area contributed by atoms with E-state index in [1.807, 2.05) is 18.2 Å². The molecule has 2 atom stereocenters. The fourth-order valence-electron chi connectivity index (χ4n) is 3.17. The summed E-state index contributed by atoms with van der Waals surface area (Å²) in [7, 11) is -2.05. The summed E-state index contributed by atoms with van der Waals surface area (Å²) in [4.78, 5) is 11.6. The fraction of sp³-hybridized carbons (Fsp3) is 0.278. The van der Waals surface area contributed by atoms with E-state index >= 15 is 0 Å². The van der Waals surface area contributed by atoms with Gasteiger partial charge in [0, 0.05) is 29.9 Å². The molecule has 0 saturated heterocycles. The first-order valence-electron chi connectivity index (χ1n) is 7.63. The number of rotatable bonds is 6. The van der Waals surface area contributed by atoms with Crippen molar-refractivity contribution in [3.8, 4) is 0 Å². The maximum Gasteiger partial charge on any atom is 0.242 e. The molecule has 0 aromatic heterocycles. The van der Waals surface area contributed by atoms with E-state index in [0.717, 1.165) is 11.8 Å². The molecule has 0 unspecified atom stereocenters. The zero-order chi connectivity index (χ0) is 17.4. The highest BCUT2D eigenvalue weighted by Crippen LogP contribution is 2.54. The third-order valence-electron chi connectivity index (χ3n) is 4.65. The highest BCUT2D eigenvalue weighted by Gasteiger charge is 2.56. The van der Waals surface area contributed by atoms with Gasteiger partial charge in [0.15, 0.2) is 0 Å². The number of carbonyl (C=O) groups excluding carboxylic acids is 1. The summed E-state index contributed by atoms with van der Waals surface area (Å²) >= 11 is 6.07. The monoisotopic (exact) mass is 363 g/mol. The van der Waals surface area contributed by atoms with Crippen LogP contribution < -0.4 is 0 Å². The van der Waals surface area contributed by atoms with Gasteiger partial charge in [0.25, 0.3) is 0 Å². The molecule has 0 spiro atoms. The third-order valence-corrected chi connectivity index (χ3v) is 6.71. The second-order valence-electron chi connectivity index (χ2n) is 6.19. The molecule has 2 aromatic rings. The van der Waals surface area contributed by atoms with Crippen LogP contribution in [-0.4, -0.2) is 32.6 Å². The van der Waals surface area contributed by atoms with E-state index in [1.54, 1.807) is 43.4 Å². The van der Waals surface area contributed by atoms with Crippen molar-refractivity contribution >= 4 is 27.9 Å². The molecule has 24 heavy (non-hydrogen) atoms. The summed E-state index contributed by atoms with van der Waals surface area (Å²) in [5.41, 5.74) is 0.408. The van der Waals surface area contributed by atoms with E-state index in [0.29, 0.717) is 11.4 Å². The minimum atomic E-state index is -3.60. The summed E-state index contributed by atoms with van der Waals surface area (Å²) in [6, 6.07) is 15.6. The minimum absolute atomic E-state index is 0.190. The van der Waals surface area contributed by atoms with Crippen LogP contribution in [0.4, 0.5) is 0 Å². The molecule has 0 N–H and O–H groups in total. The number of aldehydes is 1. The first-order valence-corrected chi connectivity index (χ1v) is 9.45. The maximum absolute atomic E-state index is 12.7. The van der Waals surface area contributed by atoms with Gasteiger partial charge in [-0.1, -0.05) is 41.9 Å². The number of sulfonamides is 1. The van der Waals surface area contributed by atoms with E-state index in [4.69, 9.17) is 11.6 Å². The van der Waals surface area contributed by atoms with E-state index in [9.17, 15) is 13.2 Å². The quantitative estimate of drug-likeness (QED) is 0.741. The molecule has 1 aliphatic carbocycles. The number of benzene rings is 2. The van der Waals surface area contributed by atoms with Crippen LogP contribution in [0.3, 0.4) is 0 Å². The number of likely N-dealkylation sites (N-methyl/N-ethyl adjacent to an activating group) is 1. The molecule has 0 heterocycles. The number of hydrogen-bond acceptors (Lipinski definition) is 3. The molecule has 1 fully saturated rings. The maximum atomic E-state index is 12.7. The Balaban J connectivity index is 1.91. The zero-order valence-corrected chi connectivity index (χ0v) is 14.8. The molecular weight excluding hydrogens is 346 g/mol. The fourth-order valence-corrected chi connectivity index (χ4v) is 4.62. The minimum Gasteiger partial charge on any atom is -0.303 e. The molecule has 0 bridgehead atoms. The van der Waals surface area contributed by atoms with Crippen molar-refractivity contribution in [3.05, 3.63) is 65.2 Å². The Hall–Kier alpha value is -1.69. The first-order chi connectivity index (χ1) is 11.4. The van der Waals surface area contributed by atoms with Crippen LogP contribution in [0.15, 0.2) is 59.5 Å². The smallest absolute Gasteiger partial charge is 0.242 e. The van der Waals surface area contributed by atoms with E-state index in [1.165, 1.54) is 4.31 Å². The van der Waals surface area contributed by atoms with E-state index < -0.39 is 15.4 Å². The second kappa shape index (κ2) is 6.31. The lowest BCUT2D eigenvalue weighted by molar-refractivity contribution is -0.109. The zero-order valence-electron chi connectivity index (χ0n) is 13.2. The van der Waals surface area contributed by atoms with Gasteiger partial charge >= 0.3 is 0 Å². The lowest BCUT2D eigenvalue weighted by Crippen LogP contribution is -2.35. The van der Waals surface area contributed by atoms with Crippen molar-refractivity contribution in [1.29, 1.82) is 0 Å². The highest BCUT2D eigenvalue weighted by molar-refractivity contribution is 7.89. The number of hydrogen-bond donors (Lipinski definition) is 0. The van der Waals surface area contributed by atoms with Gasteiger partial charge < -0.3 is 4.79 Å². The van der Waals surface area contributed by atoms with E-state index in [2.05, 4.69) is 0 Å². The first kappa shape index (κ1) is 17.1. The summed E-state index contributed by atoms with van der Waals surface area (Å²) in [5.74, 6) is -0.190. The summed E-state index contributed by atoms with van der Waals surface area (Å²) < 4.78 is 26.8. The van der Waals surface area contributed by atoms with Crippen molar-refractivity contribution < 1.29 is 13.2 Å². The van der Waals surface area contributed by atoms with Crippen LogP contribution in [0.1, 0.15) is 12.0 Å². The predicted octanol–water partition coefficient (Wildman–Crippen LogP) is 3.12. The normalized spacial score (nSPS) is 23.2. The Morgan fingerprint density at radius 3 is 2.50 bits per heavy atom. The van der Waals surface area contributed by atoms with Crippen molar-refractivity contribution in [2.45, 2.75) is 16.7 Å². The SMILES string of the molecule is CN(C[C@@]1(c2cccc(Cl)c2)C[C@H]1C=O)S(=O)(=O)c1ccccc1. The van der Waals surface area contributed by atoms with Crippen molar-refractivity contribution in [1.82, 2.24) is 4.31 Å². The molecule has 2 aromatic carbocycles. The molecule has 0 aliphatic heterocycles. The lowest BCUT2D eigenvalue weighted by Gasteiger charge is -2.25. The van der Waals surface area contributed by atoms with Crippen LogP contribution >= 0.6 is 11.6 Å². The Bertz CT molecular complexity index is 854. The summed E-state index contributed by atoms with van der Waals surface area (Å²) in [6.45, 7) is 0.244. The number of nitrogens with zero attached hydrogens (tertiary/aromatic N) is 1. The van der Waals surface area contributed by atoms with Gasteiger partial charge in [-0.15, -0.1) is 0 Å². The molecule has 1 aliphatic rings. The van der Waals surface area contributed by atoms with Crippen LogP contribution in [0.2, 0.25) is 5.02 Å². The van der Waals surface area contributed by atoms with Gasteiger partial charge in [-0.05, 0) is 36.2 Å². The lowest BCUT2D eigenvalue weighted by atomic mass is 9.93. The van der Waals surface area contributed by atoms with Crippen LogP contribution in [0.25, 0.3) is 0 Å². The molecule has 126 valence electrons. The molecule has 6 heteroatoms.